The highest BCUT2D eigenvalue weighted by atomic mass is 32.1. The minimum absolute atomic E-state index is 0.343. The SMILES string of the molecule is COc1cc(OC)cc(-n2[nH]nnc2=S)c1. The second-order valence-electron chi connectivity index (χ2n) is 2.99. The highest BCUT2D eigenvalue weighted by molar-refractivity contribution is 7.71. The zero-order valence-electron chi connectivity index (χ0n) is 8.80. The van der Waals surface area contributed by atoms with Crippen LogP contribution < -0.4 is 9.47 Å². The van der Waals surface area contributed by atoms with Crippen molar-refractivity contribution in [3.8, 4) is 17.2 Å². The third-order valence-electron chi connectivity index (χ3n) is 2.07. The summed E-state index contributed by atoms with van der Waals surface area (Å²) in [5.41, 5.74) is 0.756. The Balaban J connectivity index is 2.56. The monoisotopic (exact) mass is 238 g/mol. The van der Waals surface area contributed by atoms with Crippen LogP contribution >= 0.6 is 12.2 Å². The third kappa shape index (κ3) is 1.89. The Morgan fingerprint density at radius 2 is 1.81 bits per heavy atom. The number of hydrogen-bond donors (Lipinski definition) is 1. The van der Waals surface area contributed by atoms with Gasteiger partial charge in [0, 0.05) is 18.2 Å². The largest absolute Gasteiger partial charge is 0.497 e. The Morgan fingerprint density at radius 3 is 2.25 bits per heavy atom. The molecule has 0 atom stereocenters. The topological polar surface area (TPSA) is 65.0 Å². The number of tetrazole rings is 1. The quantitative estimate of drug-likeness (QED) is 0.817. The standard InChI is InChI=1S/C9H10N4O2S/c1-14-7-3-6(4-8(5-7)15-2)13-9(16)10-11-12-13/h3-5H,1-2H3,(H,10,12,16). The van der Waals surface area contributed by atoms with Gasteiger partial charge in [-0.25, -0.2) is 4.68 Å². The van der Waals surface area contributed by atoms with Crippen LogP contribution in [-0.4, -0.2) is 34.4 Å². The fourth-order valence-corrected chi connectivity index (χ4v) is 1.47. The lowest BCUT2D eigenvalue weighted by Gasteiger charge is -2.07. The Bertz CT molecular complexity index is 526. The molecule has 2 rings (SSSR count). The number of benzene rings is 1. The van der Waals surface area contributed by atoms with Crippen LogP contribution in [0, 0.1) is 4.77 Å². The van der Waals surface area contributed by atoms with Gasteiger partial charge in [0.2, 0.25) is 4.77 Å². The molecule has 0 unspecified atom stereocenters. The van der Waals surface area contributed by atoms with E-state index in [-0.39, 0.29) is 0 Å². The molecular formula is C9H10N4O2S. The van der Waals surface area contributed by atoms with Crippen LogP contribution in [0.5, 0.6) is 11.5 Å². The minimum atomic E-state index is 0.343. The first-order chi connectivity index (χ1) is 7.74. The first kappa shape index (κ1) is 10.6. The normalized spacial score (nSPS) is 10.1. The zero-order chi connectivity index (χ0) is 11.5. The molecule has 1 aromatic carbocycles. The predicted molar refractivity (Wildman–Crippen MR) is 59.6 cm³/mol. The van der Waals surface area contributed by atoms with Crippen molar-refractivity contribution in [3.63, 3.8) is 0 Å². The molecule has 0 radical (unpaired) electrons. The molecule has 84 valence electrons. The van der Waals surface area contributed by atoms with Crippen molar-refractivity contribution >= 4 is 12.2 Å². The molecule has 0 aliphatic rings. The predicted octanol–water partition coefficient (Wildman–Crippen LogP) is 1.34. The van der Waals surface area contributed by atoms with Crippen LogP contribution in [0.3, 0.4) is 0 Å². The van der Waals surface area contributed by atoms with Crippen molar-refractivity contribution in [1.29, 1.82) is 0 Å². The van der Waals surface area contributed by atoms with E-state index in [1.165, 1.54) is 0 Å². The van der Waals surface area contributed by atoms with Gasteiger partial charge < -0.3 is 9.47 Å². The van der Waals surface area contributed by atoms with Gasteiger partial charge >= 0.3 is 0 Å². The molecule has 0 aliphatic carbocycles. The molecule has 1 heterocycles. The maximum Gasteiger partial charge on any atom is 0.242 e. The van der Waals surface area contributed by atoms with E-state index in [9.17, 15) is 0 Å². The first-order valence-corrected chi connectivity index (χ1v) is 4.89. The van der Waals surface area contributed by atoms with E-state index in [0.717, 1.165) is 5.69 Å². The van der Waals surface area contributed by atoms with Gasteiger partial charge in [0.05, 0.1) is 19.9 Å². The van der Waals surface area contributed by atoms with Crippen molar-refractivity contribution < 1.29 is 9.47 Å². The summed E-state index contributed by atoms with van der Waals surface area (Å²) in [5.74, 6) is 1.34. The van der Waals surface area contributed by atoms with Crippen LogP contribution in [0.15, 0.2) is 18.2 Å². The van der Waals surface area contributed by atoms with E-state index in [2.05, 4.69) is 15.5 Å². The van der Waals surface area contributed by atoms with Crippen molar-refractivity contribution in [2.75, 3.05) is 14.2 Å². The molecule has 1 N–H and O–H groups in total. The Kier molecular flexibility index (Phi) is 2.86. The number of ether oxygens (including phenoxy) is 2. The fraction of sp³-hybridized carbons (Fsp3) is 0.222. The van der Waals surface area contributed by atoms with E-state index in [1.54, 1.807) is 37.1 Å². The lowest BCUT2D eigenvalue weighted by molar-refractivity contribution is 0.393. The molecule has 0 saturated heterocycles. The van der Waals surface area contributed by atoms with Crippen LogP contribution in [0.4, 0.5) is 0 Å². The first-order valence-electron chi connectivity index (χ1n) is 4.48. The van der Waals surface area contributed by atoms with Gasteiger partial charge in [-0.3, -0.25) is 0 Å². The summed E-state index contributed by atoms with van der Waals surface area (Å²) >= 11 is 5.00. The summed E-state index contributed by atoms with van der Waals surface area (Å²) in [5, 5.41) is 9.97. The Morgan fingerprint density at radius 1 is 1.19 bits per heavy atom. The second kappa shape index (κ2) is 4.31. The number of nitrogens with one attached hydrogen (secondary N) is 1. The van der Waals surface area contributed by atoms with E-state index >= 15 is 0 Å². The van der Waals surface area contributed by atoms with E-state index in [1.807, 2.05) is 0 Å². The number of aromatic nitrogens is 4. The number of nitrogens with zero attached hydrogens (tertiary/aromatic N) is 3. The maximum absolute atomic E-state index is 5.15. The lowest BCUT2D eigenvalue weighted by atomic mass is 10.3. The molecule has 1 aromatic heterocycles. The average molecular weight is 238 g/mol. The third-order valence-corrected chi connectivity index (χ3v) is 2.33. The van der Waals surface area contributed by atoms with Gasteiger partial charge in [-0.1, -0.05) is 10.3 Å². The molecule has 6 nitrogen and oxygen atoms in total. The number of rotatable bonds is 3. The summed E-state index contributed by atoms with van der Waals surface area (Å²) in [6, 6.07) is 5.38. The van der Waals surface area contributed by atoms with Crippen molar-refractivity contribution in [3.05, 3.63) is 23.0 Å². The average Bonchev–Trinajstić information content (AvgIpc) is 2.74. The lowest BCUT2D eigenvalue weighted by Crippen LogP contribution is -1.98. The van der Waals surface area contributed by atoms with E-state index in [4.69, 9.17) is 21.7 Å². The Hall–Kier alpha value is -1.89. The van der Waals surface area contributed by atoms with E-state index in [0.29, 0.717) is 16.3 Å². The summed E-state index contributed by atoms with van der Waals surface area (Å²) < 4.78 is 12.2. The molecule has 0 amide bonds. The minimum Gasteiger partial charge on any atom is -0.497 e. The number of aromatic amines is 1. The van der Waals surface area contributed by atoms with Crippen molar-refractivity contribution in [2.45, 2.75) is 0 Å². The summed E-state index contributed by atoms with van der Waals surface area (Å²) in [4.78, 5) is 0. The number of H-pyrrole nitrogens is 1. The second-order valence-corrected chi connectivity index (χ2v) is 3.35. The molecular weight excluding hydrogens is 228 g/mol. The molecule has 2 aromatic rings. The van der Waals surface area contributed by atoms with Gasteiger partial charge in [0.25, 0.3) is 0 Å². The van der Waals surface area contributed by atoms with Crippen LogP contribution in [0.1, 0.15) is 0 Å². The highest BCUT2D eigenvalue weighted by Gasteiger charge is 2.05. The number of methoxy groups -OCH3 is 2. The van der Waals surface area contributed by atoms with Gasteiger partial charge in [-0.2, -0.15) is 5.21 Å². The van der Waals surface area contributed by atoms with Crippen LogP contribution in [-0.2, 0) is 0 Å². The van der Waals surface area contributed by atoms with Gasteiger partial charge in [-0.15, -0.1) is 0 Å². The van der Waals surface area contributed by atoms with Crippen LogP contribution in [0.25, 0.3) is 5.69 Å². The molecule has 0 saturated carbocycles. The highest BCUT2D eigenvalue weighted by Crippen LogP contribution is 2.24. The molecule has 16 heavy (non-hydrogen) atoms. The molecule has 0 spiro atoms. The summed E-state index contributed by atoms with van der Waals surface area (Å²) in [6.07, 6.45) is 0. The van der Waals surface area contributed by atoms with Gasteiger partial charge in [0.1, 0.15) is 11.5 Å². The molecule has 0 fully saturated rings. The van der Waals surface area contributed by atoms with E-state index < -0.39 is 0 Å². The van der Waals surface area contributed by atoms with Crippen molar-refractivity contribution in [2.24, 2.45) is 0 Å². The maximum atomic E-state index is 5.15. The summed E-state index contributed by atoms with van der Waals surface area (Å²) in [6.45, 7) is 0. The smallest absolute Gasteiger partial charge is 0.242 e. The van der Waals surface area contributed by atoms with Crippen LogP contribution in [0.2, 0.25) is 0 Å². The van der Waals surface area contributed by atoms with Gasteiger partial charge in [-0.05, 0) is 12.2 Å². The van der Waals surface area contributed by atoms with Crippen molar-refractivity contribution in [1.82, 2.24) is 20.2 Å². The Labute approximate surface area is 96.8 Å². The molecule has 0 aliphatic heterocycles. The van der Waals surface area contributed by atoms with Gasteiger partial charge in [0.15, 0.2) is 0 Å². The fourth-order valence-electron chi connectivity index (χ4n) is 1.29. The zero-order valence-corrected chi connectivity index (χ0v) is 9.61. The summed E-state index contributed by atoms with van der Waals surface area (Å²) in [7, 11) is 3.17. The molecule has 7 heteroatoms. The molecule has 0 bridgehead atoms. The number of hydrogen-bond acceptors (Lipinski definition) is 5.